The van der Waals surface area contributed by atoms with Crippen LogP contribution in [0, 0.1) is 0 Å². The molecule has 0 radical (unpaired) electrons. The Morgan fingerprint density at radius 1 is 1.35 bits per heavy atom. The first-order valence-corrected chi connectivity index (χ1v) is 7.76. The van der Waals surface area contributed by atoms with Gasteiger partial charge in [0.2, 0.25) is 12.7 Å². The van der Waals surface area contributed by atoms with Gasteiger partial charge in [-0.05, 0) is 37.1 Å². The molecule has 0 saturated carbocycles. The zero-order valence-corrected chi connectivity index (χ0v) is 12.6. The lowest BCUT2D eigenvalue weighted by Crippen LogP contribution is -2.27. The van der Waals surface area contributed by atoms with Crippen LogP contribution in [0.15, 0.2) is 24.4 Å². The van der Waals surface area contributed by atoms with Crippen LogP contribution in [-0.4, -0.2) is 35.5 Å². The molecular formula is C16H18N4O3. The summed E-state index contributed by atoms with van der Waals surface area (Å²) in [6.07, 6.45) is 4.34. The van der Waals surface area contributed by atoms with Gasteiger partial charge in [0.05, 0.1) is 6.20 Å². The van der Waals surface area contributed by atoms with Crippen molar-refractivity contribution in [1.82, 2.24) is 15.5 Å². The van der Waals surface area contributed by atoms with Crippen molar-refractivity contribution < 1.29 is 14.3 Å². The normalized spacial score (nSPS) is 19.0. The first kappa shape index (κ1) is 14.1. The molecule has 120 valence electrons. The van der Waals surface area contributed by atoms with Gasteiger partial charge in [-0.25, -0.2) is 0 Å². The second kappa shape index (κ2) is 5.92. The van der Waals surface area contributed by atoms with E-state index in [-0.39, 0.29) is 18.7 Å². The van der Waals surface area contributed by atoms with Crippen LogP contribution in [-0.2, 0) is 4.79 Å². The van der Waals surface area contributed by atoms with Gasteiger partial charge >= 0.3 is 0 Å². The number of ether oxygens (including phenoxy) is 2. The smallest absolute Gasteiger partial charge is 0.231 e. The topological polar surface area (TPSA) is 88.3 Å². The Balaban J connectivity index is 1.50. The molecule has 23 heavy (non-hydrogen) atoms. The third kappa shape index (κ3) is 2.87. The van der Waals surface area contributed by atoms with Gasteiger partial charge < -0.3 is 20.1 Å². The van der Waals surface area contributed by atoms with E-state index in [1.165, 1.54) is 0 Å². The highest BCUT2D eigenvalue weighted by atomic mass is 16.7. The van der Waals surface area contributed by atoms with E-state index in [1.807, 2.05) is 18.2 Å². The predicted octanol–water partition coefficient (Wildman–Crippen LogP) is 1.89. The monoisotopic (exact) mass is 314 g/mol. The molecule has 2 aliphatic heterocycles. The number of aromatic nitrogens is 2. The predicted molar refractivity (Wildman–Crippen MR) is 84.4 cm³/mol. The van der Waals surface area contributed by atoms with Gasteiger partial charge in [0.25, 0.3) is 0 Å². The summed E-state index contributed by atoms with van der Waals surface area (Å²) >= 11 is 0. The molecule has 1 saturated heterocycles. The van der Waals surface area contributed by atoms with Crippen molar-refractivity contribution in [2.75, 3.05) is 18.7 Å². The SMILES string of the molecule is O=C(CC1CCCN1)Nc1[nH]ncc1-c1ccc2c(c1)OCO2. The summed E-state index contributed by atoms with van der Waals surface area (Å²) in [4.78, 5) is 12.2. The minimum Gasteiger partial charge on any atom is -0.454 e. The van der Waals surface area contributed by atoms with E-state index in [0.717, 1.165) is 36.3 Å². The third-order valence-electron chi connectivity index (χ3n) is 4.18. The van der Waals surface area contributed by atoms with E-state index in [0.29, 0.717) is 18.0 Å². The summed E-state index contributed by atoms with van der Waals surface area (Å²) in [5.74, 6) is 2.02. The Morgan fingerprint density at radius 2 is 2.26 bits per heavy atom. The fraction of sp³-hybridized carbons (Fsp3) is 0.375. The number of carbonyl (C=O) groups is 1. The maximum atomic E-state index is 12.2. The highest BCUT2D eigenvalue weighted by Crippen LogP contribution is 2.37. The molecule has 1 aromatic carbocycles. The van der Waals surface area contributed by atoms with Crippen molar-refractivity contribution in [3.63, 3.8) is 0 Å². The second-order valence-electron chi connectivity index (χ2n) is 5.77. The first-order chi connectivity index (χ1) is 11.3. The van der Waals surface area contributed by atoms with Crippen molar-refractivity contribution in [3.05, 3.63) is 24.4 Å². The van der Waals surface area contributed by atoms with Crippen molar-refractivity contribution in [2.24, 2.45) is 0 Å². The van der Waals surface area contributed by atoms with Gasteiger partial charge in [-0.15, -0.1) is 0 Å². The van der Waals surface area contributed by atoms with Crippen LogP contribution in [0.25, 0.3) is 11.1 Å². The summed E-state index contributed by atoms with van der Waals surface area (Å²) in [7, 11) is 0. The Bertz CT molecular complexity index is 722. The quantitative estimate of drug-likeness (QED) is 0.802. The number of amides is 1. The third-order valence-corrected chi connectivity index (χ3v) is 4.18. The number of carbonyl (C=O) groups excluding carboxylic acids is 1. The maximum absolute atomic E-state index is 12.2. The molecule has 1 unspecified atom stereocenters. The molecule has 1 fully saturated rings. The summed E-state index contributed by atoms with van der Waals surface area (Å²) in [6.45, 7) is 1.23. The van der Waals surface area contributed by atoms with Crippen LogP contribution in [0.2, 0.25) is 0 Å². The van der Waals surface area contributed by atoms with Crippen molar-refractivity contribution >= 4 is 11.7 Å². The molecule has 1 atom stereocenters. The lowest BCUT2D eigenvalue weighted by Gasteiger charge is -2.10. The first-order valence-electron chi connectivity index (χ1n) is 7.76. The van der Waals surface area contributed by atoms with E-state index < -0.39 is 0 Å². The van der Waals surface area contributed by atoms with Crippen LogP contribution in [0.4, 0.5) is 5.82 Å². The fourth-order valence-corrected chi connectivity index (χ4v) is 3.01. The number of benzene rings is 1. The molecule has 3 N–H and O–H groups in total. The van der Waals surface area contributed by atoms with E-state index in [2.05, 4.69) is 20.8 Å². The van der Waals surface area contributed by atoms with Crippen LogP contribution in [0.3, 0.4) is 0 Å². The molecule has 0 spiro atoms. The van der Waals surface area contributed by atoms with Crippen LogP contribution < -0.4 is 20.1 Å². The molecule has 7 nitrogen and oxygen atoms in total. The minimum atomic E-state index is -0.0179. The Labute approximate surface area is 133 Å². The van der Waals surface area contributed by atoms with Gasteiger partial charge in [0, 0.05) is 18.0 Å². The zero-order chi connectivity index (χ0) is 15.6. The molecule has 2 aromatic rings. The average Bonchev–Trinajstić information content (AvgIpc) is 3.27. The molecule has 0 aliphatic carbocycles. The summed E-state index contributed by atoms with van der Waals surface area (Å²) in [5, 5.41) is 13.1. The lowest BCUT2D eigenvalue weighted by molar-refractivity contribution is -0.116. The van der Waals surface area contributed by atoms with Gasteiger partial charge in [-0.2, -0.15) is 5.10 Å². The van der Waals surface area contributed by atoms with Gasteiger partial charge in [-0.1, -0.05) is 6.07 Å². The van der Waals surface area contributed by atoms with Gasteiger partial charge in [0.1, 0.15) is 5.82 Å². The standard InChI is InChI=1S/C16H18N4O3/c21-15(7-11-2-1-5-17-11)19-16-12(8-18-20-16)10-3-4-13-14(6-10)23-9-22-13/h3-4,6,8,11,17H,1-2,5,7,9H2,(H2,18,19,20,21). The number of nitrogens with one attached hydrogen (secondary N) is 3. The van der Waals surface area contributed by atoms with Crippen LogP contribution >= 0.6 is 0 Å². The van der Waals surface area contributed by atoms with E-state index >= 15 is 0 Å². The molecule has 1 aromatic heterocycles. The fourth-order valence-electron chi connectivity index (χ4n) is 3.01. The number of H-pyrrole nitrogens is 1. The van der Waals surface area contributed by atoms with Crippen LogP contribution in [0.1, 0.15) is 19.3 Å². The largest absolute Gasteiger partial charge is 0.454 e. The number of rotatable bonds is 4. The summed E-state index contributed by atoms with van der Waals surface area (Å²) in [6, 6.07) is 5.94. The minimum absolute atomic E-state index is 0.0179. The Hall–Kier alpha value is -2.54. The van der Waals surface area contributed by atoms with Crippen molar-refractivity contribution in [3.8, 4) is 22.6 Å². The molecule has 4 rings (SSSR count). The summed E-state index contributed by atoms with van der Waals surface area (Å²) < 4.78 is 10.7. The molecule has 1 amide bonds. The number of anilines is 1. The van der Waals surface area contributed by atoms with Crippen molar-refractivity contribution in [2.45, 2.75) is 25.3 Å². The molecule has 2 aliphatic rings. The van der Waals surface area contributed by atoms with E-state index in [9.17, 15) is 4.79 Å². The number of nitrogens with zero attached hydrogens (tertiary/aromatic N) is 1. The lowest BCUT2D eigenvalue weighted by atomic mass is 10.1. The van der Waals surface area contributed by atoms with E-state index in [4.69, 9.17) is 9.47 Å². The number of fused-ring (bicyclic) bond motifs is 1. The molecule has 0 bridgehead atoms. The van der Waals surface area contributed by atoms with Gasteiger partial charge in [-0.3, -0.25) is 9.89 Å². The maximum Gasteiger partial charge on any atom is 0.231 e. The number of hydrogen-bond acceptors (Lipinski definition) is 5. The highest BCUT2D eigenvalue weighted by molar-refractivity contribution is 5.94. The Kier molecular flexibility index (Phi) is 3.63. The zero-order valence-electron chi connectivity index (χ0n) is 12.6. The van der Waals surface area contributed by atoms with Crippen molar-refractivity contribution in [1.29, 1.82) is 0 Å². The number of aromatic amines is 1. The summed E-state index contributed by atoms with van der Waals surface area (Å²) in [5.41, 5.74) is 1.74. The second-order valence-corrected chi connectivity index (χ2v) is 5.77. The molecule has 7 heteroatoms. The molecular weight excluding hydrogens is 296 g/mol. The van der Waals surface area contributed by atoms with Gasteiger partial charge in [0.15, 0.2) is 11.5 Å². The average molecular weight is 314 g/mol. The van der Waals surface area contributed by atoms with Crippen LogP contribution in [0.5, 0.6) is 11.5 Å². The Morgan fingerprint density at radius 3 is 3.13 bits per heavy atom. The highest BCUT2D eigenvalue weighted by Gasteiger charge is 2.20. The van der Waals surface area contributed by atoms with E-state index in [1.54, 1.807) is 6.20 Å². The molecule has 3 heterocycles. The number of hydrogen-bond donors (Lipinski definition) is 3.